The molecule has 0 amide bonds. The first kappa shape index (κ1) is 20.6. The molecule has 0 aromatic heterocycles. The fourth-order valence-corrected chi connectivity index (χ4v) is 3.37. The van der Waals surface area contributed by atoms with Crippen LogP contribution in [-0.2, 0) is 14.1 Å². The molecule has 0 bridgehead atoms. The van der Waals surface area contributed by atoms with Gasteiger partial charge in [-0.05, 0) is 39.5 Å². The van der Waals surface area contributed by atoms with Crippen molar-refractivity contribution in [2.45, 2.75) is 58.1 Å². The van der Waals surface area contributed by atoms with Crippen LogP contribution in [0.1, 0.15) is 44.6 Å². The zero-order chi connectivity index (χ0) is 19.4. The second kappa shape index (κ2) is 8.77. The third-order valence-corrected chi connectivity index (χ3v) is 5.05. The highest BCUT2D eigenvalue weighted by Crippen LogP contribution is 2.34. The van der Waals surface area contributed by atoms with E-state index in [-0.39, 0.29) is 6.10 Å². The number of hydrogen-bond acceptors (Lipinski definition) is 4. The number of carbonyl (C=O) groups excluding carboxylic acids is 1. The Morgan fingerprint density at radius 2 is 1.62 bits per heavy atom. The van der Waals surface area contributed by atoms with Crippen molar-refractivity contribution in [2.24, 2.45) is 0 Å². The van der Waals surface area contributed by atoms with Gasteiger partial charge in [-0.3, -0.25) is 4.79 Å². The summed E-state index contributed by atoms with van der Waals surface area (Å²) in [7, 11) is -3.03. The van der Waals surface area contributed by atoms with E-state index < -0.39 is 54.8 Å². The summed E-state index contributed by atoms with van der Waals surface area (Å²) in [6.07, 6.45) is 4.20. The van der Waals surface area contributed by atoms with E-state index in [9.17, 15) is 26.9 Å². The zero-order valence-electron chi connectivity index (χ0n) is 14.3. The Labute approximate surface area is 149 Å². The lowest BCUT2D eigenvalue weighted by atomic mass is 9.98. The fraction of sp³-hybridized carbons (Fsp3) is 0.562. The molecule has 1 unspecified atom stereocenters. The average Bonchev–Trinajstić information content (AvgIpc) is 2.62. The van der Waals surface area contributed by atoms with E-state index in [1.165, 1.54) is 6.92 Å². The molecule has 0 spiro atoms. The number of halogens is 4. The van der Waals surface area contributed by atoms with Crippen LogP contribution in [0.25, 0.3) is 0 Å². The van der Waals surface area contributed by atoms with Crippen molar-refractivity contribution < 1.29 is 36.2 Å². The highest BCUT2D eigenvalue weighted by molar-refractivity contribution is 7.37. The molecule has 2 atom stereocenters. The molecule has 1 aromatic rings. The van der Waals surface area contributed by atoms with E-state index in [2.05, 4.69) is 9.61 Å². The van der Waals surface area contributed by atoms with Gasteiger partial charge in [0.2, 0.25) is 11.6 Å². The smallest absolute Gasteiger partial charge is 0.461 e. The molecule has 1 aliphatic rings. The third kappa shape index (κ3) is 4.71. The molecule has 5 nitrogen and oxygen atoms in total. The first-order valence-corrected chi connectivity index (χ1v) is 9.34. The maximum Gasteiger partial charge on any atom is 0.664 e. The second-order valence-electron chi connectivity index (χ2n) is 6.11. The summed E-state index contributed by atoms with van der Waals surface area (Å²) < 4.78 is 76.0. The standard InChI is InChI=1S/C16H19F4NO4P/c1-8-11(17)13(19)15(14(20)12(8)18)25-26(23)21-9(2)16(22)24-10-6-4-3-5-7-10/h9-10H,3-7H2,1-2H3,(H,21,23)/q+1/t9-/m0/s1. The summed E-state index contributed by atoms with van der Waals surface area (Å²) in [6.45, 7) is 2.17. The fourth-order valence-electron chi connectivity index (χ4n) is 2.57. The maximum absolute atomic E-state index is 13.7. The van der Waals surface area contributed by atoms with Crippen LogP contribution in [0.3, 0.4) is 0 Å². The van der Waals surface area contributed by atoms with E-state index in [0.29, 0.717) is 0 Å². The second-order valence-corrected chi connectivity index (χ2v) is 7.06. The number of rotatable bonds is 6. The summed E-state index contributed by atoms with van der Waals surface area (Å²) in [6, 6.07) is -1.10. The van der Waals surface area contributed by atoms with Gasteiger partial charge in [0.1, 0.15) is 12.1 Å². The van der Waals surface area contributed by atoms with Gasteiger partial charge in [-0.2, -0.15) is 8.78 Å². The molecular formula is C16H19F4NO4P+. The summed E-state index contributed by atoms with van der Waals surface area (Å²) >= 11 is 0. The van der Waals surface area contributed by atoms with Crippen molar-refractivity contribution in [3.63, 3.8) is 0 Å². The summed E-state index contributed by atoms with van der Waals surface area (Å²) in [4.78, 5) is 11.9. The van der Waals surface area contributed by atoms with Gasteiger partial charge in [-0.1, -0.05) is 11.5 Å². The largest absolute Gasteiger partial charge is 0.664 e. The first-order chi connectivity index (χ1) is 12.2. The number of ether oxygens (including phenoxy) is 1. The summed E-state index contributed by atoms with van der Waals surface area (Å²) in [5.41, 5.74) is -0.861. The highest BCUT2D eigenvalue weighted by Gasteiger charge is 2.35. The van der Waals surface area contributed by atoms with E-state index >= 15 is 0 Å². The van der Waals surface area contributed by atoms with Crippen LogP contribution < -0.4 is 9.61 Å². The highest BCUT2D eigenvalue weighted by atomic mass is 31.1. The molecule has 2 rings (SSSR count). The number of nitrogens with one attached hydrogen (secondary N) is 1. The molecule has 1 saturated carbocycles. The molecule has 144 valence electrons. The zero-order valence-corrected chi connectivity index (χ0v) is 15.2. The average molecular weight is 396 g/mol. The Morgan fingerprint density at radius 1 is 1.08 bits per heavy atom. The molecule has 0 aliphatic heterocycles. The van der Waals surface area contributed by atoms with Crippen LogP contribution in [0.4, 0.5) is 17.6 Å². The van der Waals surface area contributed by atoms with Crippen molar-refractivity contribution in [2.75, 3.05) is 0 Å². The molecule has 10 heteroatoms. The Bertz CT molecular complexity index is 681. The minimum atomic E-state index is -3.03. The van der Waals surface area contributed by atoms with Crippen LogP contribution in [0.15, 0.2) is 0 Å². The van der Waals surface area contributed by atoms with Gasteiger partial charge in [0.25, 0.3) is 5.75 Å². The van der Waals surface area contributed by atoms with Crippen LogP contribution in [-0.4, -0.2) is 18.1 Å². The van der Waals surface area contributed by atoms with Crippen LogP contribution in [0.2, 0.25) is 0 Å². The van der Waals surface area contributed by atoms with Crippen LogP contribution in [0, 0.1) is 30.2 Å². The minimum Gasteiger partial charge on any atom is -0.461 e. The predicted octanol–water partition coefficient (Wildman–Crippen LogP) is 4.44. The summed E-state index contributed by atoms with van der Waals surface area (Å²) in [5.74, 6) is -9.05. The van der Waals surface area contributed by atoms with Crippen molar-refractivity contribution in [3.05, 3.63) is 28.8 Å². The monoisotopic (exact) mass is 396 g/mol. The Hall–Kier alpha value is -1.73. The molecule has 0 saturated heterocycles. The van der Waals surface area contributed by atoms with Gasteiger partial charge >= 0.3 is 14.1 Å². The number of hydrogen-bond donors (Lipinski definition) is 1. The molecule has 0 radical (unpaired) electrons. The van der Waals surface area contributed by atoms with Crippen LogP contribution >= 0.6 is 8.18 Å². The van der Waals surface area contributed by atoms with Gasteiger partial charge in [0.05, 0.1) is 0 Å². The Morgan fingerprint density at radius 3 is 2.15 bits per heavy atom. The van der Waals surface area contributed by atoms with Gasteiger partial charge in [-0.25, -0.2) is 13.3 Å². The van der Waals surface area contributed by atoms with Crippen LogP contribution in [0.5, 0.6) is 5.75 Å². The first-order valence-electron chi connectivity index (χ1n) is 8.16. The van der Waals surface area contributed by atoms with Crippen molar-refractivity contribution in [3.8, 4) is 5.75 Å². The molecule has 1 N–H and O–H groups in total. The Balaban J connectivity index is 1.99. The van der Waals surface area contributed by atoms with Crippen molar-refractivity contribution in [1.29, 1.82) is 0 Å². The van der Waals surface area contributed by atoms with Crippen molar-refractivity contribution in [1.82, 2.24) is 5.09 Å². The minimum absolute atomic E-state index is 0.227. The normalized spacial score (nSPS) is 16.9. The van der Waals surface area contributed by atoms with Gasteiger partial charge < -0.3 is 4.74 Å². The van der Waals surface area contributed by atoms with E-state index in [0.717, 1.165) is 39.0 Å². The SMILES string of the molecule is Cc1c(F)c(F)c(O[P+](=O)N[C@@H](C)C(=O)OC2CCCCC2)c(F)c1F. The topological polar surface area (TPSA) is 64.6 Å². The van der Waals surface area contributed by atoms with E-state index in [4.69, 9.17) is 4.74 Å². The van der Waals surface area contributed by atoms with Crippen molar-refractivity contribution >= 4 is 14.1 Å². The quantitative estimate of drug-likeness (QED) is 0.333. The van der Waals surface area contributed by atoms with Gasteiger partial charge in [-0.15, -0.1) is 0 Å². The number of esters is 1. The van der Waals surface area contributed by atoms with E-state index in [1.807, 2.05) is 0 Å². The Kier molecular flexibility index (Phi) is 6.94. The van der Waals surface area contributed by atoms with E-state index in [1.54, 1.807) is 0 Å². The maximum atomic E-state index is 13.7. The predicted molar refractivity (Wildman–Crippen MR) is 84.8 cm³/mol. The van der Waals surface area contributed by atoms with Gasteiger partial charge in [0, 0.05) is 10.1 Å². The molecule has 1 fully saturated rings. The van der Waals surface area contributed by atoms with Gasteiger partial charge in [0.15, 0.2) is 11.6 Å². The number of benzene rings is 1. The summed E-state index contributed by atoms with van der Waals surface area (Å²) in [5, 5.41) is 2.16. The molecule has 1 aromatic carbocycles. The lowest BCUT2D eigenvalue weighted by molar-refractivity contribution is -0.152. The molecular weight excluding hydrogens is 377 g/mol. The lowest BCUT2D eigenvalue weighted by Gasteiger charge is -2.22. The third-order valence-electron chi connectivity index (χ3n) is 4.10. The molecule has 26 heavy (non-hydrogen) atoms. The molecule has 1 aliphatic carbocycles. The lowest BCUT2D eigenvalue weighted by Crippen LogP contribution is -2.35. The number of carbonyl (C=O) groups is 1. The molecule has 0 heterocycles.